The van der Waals surface area contributed by atoms with Crippen molar-refractivity contribution >= 4 is 6.08 Å². The minimum atomic E-state index is 0.525. The van der Waals surface area contributed by atoms with Gasteiger partial charge in [0.1, 0.15) is 0 Å². The Morgan fingerprint density at radius 3 is 2.38 bits per heavy atom. The highest BCUT2D eigenvalue weighted by Crippen LogP contribution is 2.37. The minimum Gasteiger partial charge on any atom is -0.327 e. The summed E-state index contributed by atoms with van der Waals surface area (Å²) in [5, 5.41) is 3.63. The number of nitrogens with two attached hydrogens (primary N) is 1. The molecule has 2 nitrogen and oxygen atoms in total. The summed E-state index contributed by atoms with van der Waals surface area (Å²) in [7, 11) is 0. The van der Waals surface area contributed by atoms with Crippen LogP contribution in [0.1, 0.15) is 81.8 Å². The molecule has 0 heterocycles. The zero-order valence-electron chi connectivity index (χ0n) is 15.5. The first-order valence-corrected chi connectivity index (χ1v) is 10.1. The highest BCUT2D eigenvalue weighted by atomic mass is 14.8. The van der Waals surface area contributed by atoms with Crippen LogP contribution in [-0.4, -0.2) is 19.6 Å². The van der Waals surface area contributed by atoms with E-state index < -0.39 is 0 Å². The normalized spacial score (nSPS) is 16.2. The summed E-state index contributed by atoms with van der Waals surface area (Å²) in [4.78, 5) is 0. The number of fused-ring (bicyclic) bond motifs is 1. The van der Waals surface area contributed by atoms with Crippen LogP contribution in [0.15, 0.2) is 29.8 Å². The first-order chi connectivity index (χ1) is 11.9. The van der Waals surface area contributed by atoms with Crippen LogP contribution in [0.2, 0.25) is 0 Å². The summed E-state index contributed by atoms with van der Waals surface area (Å²) >= 11 is 0. The first-order valence-electron chi connectivity index (χ1n) is 10.1. The largest absolute Gasteiger partial charge is 0.327 e. The van der Waals surface area contributed by atoms with E-state index in [0.717, 1.165) is 19.5 Å². The van der Waals surface area contributed by atoms with E-state index in [-0.39, 0.29) is 0 Å². The Morgan fingerprint density at radius 2 is 1.62 bits per heavy atom. The standard InChI is InChI=1S/C22H36N2/c1-2-3-4-5-6-7-8-11-15-24-16-14-22-20(18-23)17-19-12-9-10-13-21(19)22/h9-10,12-13,17,22,24H,2-8,11,14-16,18,23H2,1H3. The Morgan fingerprint density at radius 1 is 0.917 bits per heavy atom. The van der Waals surface area contributed by atoms with Gasteiger partial charge in [0.05, 0.1) is 0 Å². The molecule has 0 aliphatic heterocycles. The molecule has 0 bridgehead atoms. The number of hydrogen-bond acceptors (Lipinski definition) is 2. The van der Waals surface area contributed by atoms with Crippen molar-refractivity contribution in [3.05, 3.63) is 41.0 Å². The SMILES string of the molecule is CCCCCCCCCCNCCC1C(CN)=Cc2ccccc21. The maximum atomic E-state index is 5.94. The average Bonchev–Trinajstić information content (AvgIpc) is 2.97. The fourth-order valence-corrected chi connectivity index (χ4v) is 3.76. The number of hydrogen-bond donors (Lipinski definition) is 2. The van der Waals surface area contributed by atoms with E-state index in [4.69, 9.17) is 5.73 Å². The van der Waals surface area contributed by atoms with Crippen molar-refractivity contribution in [2.45, 2.75) is 70.6 Å². The lowest BCUT2D eigenvalue weighted by molar-refractivity contribution is 0.543. The summed E-state index contributed by atoms with van der Waals surface area (Å²) in [5.41, 5.74) is 10.2. The van der Waals surface area contributed by atoms with E-state index in [9.17, 15) is 0 Å². The molecule has 134 valence electrons. The summed E-state index contributed by atoms with van der Waals surface area (Å²) < 4.78 is 0. The predicted molar refractivity (Wildman–Crippen MR) is 106 cm³/mol. The Hall–Kier alpha value is -1.12. The molecule has 0 aromatic heterocycles. The van der Waals surface area contributed by atoms with E-state index in [1.807, 2.05) is 0 Å². The van der Waals surface area contributed by atoms with Gasteiger partial charge in [-0.3, -0.25) is 0 Å². The van der Waals surface area contributed by atoms with Crippen molar-refractivity contribution in [1.82, 2.24) is 5.32 Å². The van der Waals surface area contributed by atoms with Crippen LogP contribution >= 0.6 is 0 Å². The molecule has 24 heavy (non-hydrogen) atoms. The Bertz CT molecular complexity index is 492. The molecule has 2 heteroatoms. The van der Waals surface area contributed by atoms with Gasteiger partial charge in [0.25, 0.3) is 0 Å². The third kappa shape index (κ3) is 6.07. The number of benzene rings is 1. The van der Waals surface area contributed by atoms with Crippen LogP contribution < -0.4 is 11.1 Å². The summed E-state index contributed by atoms with van der Waals surface area (Å²) in [6.07, 6.45) is 14.6. The lowest BCUT2D eigenvalue weighted by atomic mass is 9.92. The van der Waals surface area contributed by atoms with Gasteiger partial charge in [-0.15, -0.1) is 0 Å². The lowest BCUT2D eigenvalue weighted by Gasteiger charge is -2.16. The number of nitrogens with one attached hydrogen (secondary N) is 1. The molecule has 0 saturated heterocycles. The molecule has 0 amide bonds. The molecular formula is C22H36N2. The summed E-state index contributed by atoms with van der Waals surface area (Å²) in [5.74, 6) is 0.525. The van der Waals surface area contributed by atoms with E-state index in [0.29, 0.717) is 12.5 Å². The van der Waals surface area contributed by atoms with Crippen LogP contribution in [0.4, 0.5) is 0 Å². The minimum absolute atomic E-state index is 0.525. The van der Waals surface area contributed by atoms with Gasteiger partial charge in [-0.25, -0.2) is 0 Å². The van der Waals surface area contributed by atoms with Crippen molar-refractivity contribution in [2.75, 3.05) is 19.6 Å². The van der Waals surface area contributed by atoms with Crippen LogP contribution in [0.3, 0.4) is 0 Å². The second-order valence-corrected chi connectivity index (χ2v) is 7.12. The van der Waals surface area contributed by atoms with E-state index in [2.05, 4.69) is 42.6 Å². The van der Waals surface area contributed by atoms with Gasteiger partial charge in [0.15, 0.2) is 0 Å². The molecule has 0 spiro atoms. The van der Waals surface area contributed by atoms with Gasteiger partial charge < -0.3 is 11.1 Å². The van der Waals surface area contributed by atoms with E-state index in [1.54, 1.807) is 0 Å². The fourth-order valence-electron chi connectivity index (χ4n) is 3.76. The fraction of sp³-hybridized carbons (Fsp3) is 0.636. The second kappa shape index (κ2) is 11.4. The smallest absolute Gasteiger partial charge is 0.0146 e. The maximum absolute atomic E-state index is 5.94. The van der Waals surface area contributed by atoms with Crippen LogP contribution in [0, 0.1) is 0 Å². The van der Waals surface area contributed by atoms with Gasteiger partial charge in [-0.1, -0.05) is 82.2 Å². The van der Waals surface area contributed by atoms with Crippen LogP contribution in [0.25, 0.3) is 6.08 Å². The third-order valence-corrected chi connectivity index (χ3v) is 5.21. The van der Waals surface area contributed by atoms with Gasteiger partial charge in [0.2, 0.25) is 0 Å². The molecule has 1 aliphatic rings. The predicted octanol–water partition coefficient (Wildman–Crippen LogP) is 5.25. The average molecular weight is 329 g/mol. The first kappa shape index (κ1) is 19.2. The summed E-state index contributed by atoms with van der Waals surface area (Å²) in [6.45, 7) is 5.21. The second-order valence-electron chi connectivity index (χ2n) is 7.12. The van der Waals surface area contributed by atoms with Gasteiger partial charge in [-0.2, -0.15) is 0 Å². The molecule has 2 rings (SSSR count). The van der Waals surface area contributed by atoms with E-state index >= 15 is 0 Å². The van der Waals surface area contributed by atoms with Crippen LogP contribution in [0.5, 0.6) is 0 Å². The maximum Gasteiger partial charge on any atom is 0.0146 e. The van der Waals surface area contributed by atoms with Gasteiger partial charge >= 0.3 is 0 Å². The molecule has 0 saturated carbocycles. The Kier molecular flexibility index (Phi) is 9.15. The zero-order valence-corrected chi connectivity index (χ0v) is 15.5. The molecule has 1 atom stereocenters. The third-order valence-electron chi connectivity index (χ3n) is 5.21. The van der Waals surface area contributed by atoms with Crippen molar-refractivity contribution in [2.24, 2.45) is 5.73 Å². The molecule has 0 radical (unpaired) electrons. The molecule has 0 fully saturated rings. The molecule has 1 unspecified atom stereocenters. The van der Waals surface area contributed by atoms with Crippen LogP contribution in [-0.2, 0) is 0 Å². The van der Waals surface area contributed by atoms with E-state index in [1.165, 1.54) is 68.1 Å². The quantitative estimate of drug-likeness (QED) is 0.486. The lowest BCUT2D eigenvalue weighted by Crippen LogP contribution is -2.20. The van der Waals surface area contributed by atoms with Gasteiger partial charge in [0, 0.05) is 12.5 Å². The van der Waals surface area contributed by atoms with Crippen molar-refractivity contribution in [3.8, 4) is 0 Å². The van der Waals surface area contributed by atoms with Gasteiger partial charge in [-0.05, 0) is 42.6 Å². The highest BCUT2D eigenvalue weighted by Gasteiger charge is 2.23. The molecule has 1 aromatic carbocycles. The molecule has 1 aliphatic carbocycles. The number of unbranched alkanes of at least 4 members (excludes halogenated alkanes) is 7. The molecular weight excluding hydrogens is 292 g/mol. The summed E-state index contributed by atoms with van der Waals surface area (Å²) in [6, 6.07) is 8.73. The zero-order chi connectivity index (χ0) is 17.0. The highest BCUT2D eigenvalue weighted by molar-refractivity contribution is 5.66. The number of rotatable bonds is 13. The topological polar surface area (TPSA) is 38.0 Å². The Balaban J connectivity index is 1.54. The monoisotopic (exact) mass is 328 g/mol. The Labute approximate surface area is 148 Å². The molecule has 3 N–H and O–H groups in total. The van der Waals surface area contributed by atoms with Crippen molar-refractivity contribution < 1.29 is 0 Å². The van der Waals surface area contributed by atoms with Crippen molar-refractivity contribution in [3.63, 3.8) is 0 Å². The van der Waals surface area contributed by atoms with Crippen molar-refractivity contribution in [1.29, 1.82) is 0 Å². The molecule has 1 aromatic rings.